The second kappa shape index (κ2) is 5.00. The molecule has 22 heavy (non-hydrogen) atoms. The van der Waals surface area contributed by atoms with E-state index in [1.165, 1.54) is 25.7 Å². The highest BCUT2D eigenvalue weighted by molar-refractivity contribution is 5.86. The number of hydrogen-bond donors (Lipinski definition) is 1. The van der Waals surface area contributed by atoms with Gasteiger partial charge in [0.2, 0.25) is 12.7 Å². The van der Waals surface area contributed by atoms with Crippen LogP contribution in [0.15, 0.2) is 23.3 Å². The lowest BCUT2D eigenvalue weighted by atomic mass is 9.90. The van der Waals surface area contributed by atoms with Crippen LogP contribution in [0.5, 0.6) is 11.5 Å². The third-order valence-corrected chi connectivity index (χ3v) is 5.40. The summed E-state index contributed by atoms with van der Waals surface area (Å²) in [4.78, 5) is 12.3. The average molecular weight is 300 g/mol. The maximum atomic E-state index is 12.3. The molecule has 1 aliphatic heterocycles. The number of amides is 1. The van der Waals surface area contributed by atoms with Crippen LogP contribution in [0.2, 0.25) is 0 Å². The Hall–Kier alpha value is -2.04. The van der Waals surface area contributed by atoms with Gasteiger partial charge >= 0.3 is 0 Å². The molecule has 2 fully saturated rings. The third-order valence-electron chi connectivity index (χ3n) is 5.40. The Morgan fingerprint density at radius 2 is 2.23 bits per heavy atom. The summed E-state index contributed by atoms with van der Waals surface area (Å²) in [6.07, 6.45) is 6.50. The molecule has 0 radical (unpaired) electrons. The Balaban J connectivity index is 1.37. The summed E-state index contributed by atoms with van der Waals surface area (Å²) in [5.74, 6) is 2.23. The minimum atomic E-state index is 0.0615. The molecular formula is C17H20N2O3. The quantitative estimate of drug-likeness (QED) is 0.689. The van der Waals surface area contributed by atoms with Crippen molar-refractivity contribution in [2.45, 2.75) is 32.6 Å². The monoisotopic (exact) mass is 300 g/mol. The molecule has 2 aliphatic carbocycles. The number of nitrogens with zero attached hydrogens (tertiary/aromatic N) is 1. The van der Waals surface area contributed by atoms with Crippen molar-refractivity contribution in [2.24, 2.45) is 22.4 Å². The smallest absolute Gasteiger partial charge is 0.244 e. The molecule has 2 saturated carbocycles. The molecule has 1 N–H and O–H groups in total. The number of hydrogen-bond acceptors (Lipinski definition) is 4. The van der Waals surface area contributed by atoms with Gasteiger partial charge in [-0.3, -0.25) is 4.79 Å². The molecular weight excluding hydrogens is 280 g/mol. The molecule has 5 heteroatoms. The van der Waals surface area contributed by atoms with Gasteiger partial charge < -0.3 is 9.47 Å². The zero-order valence-electron chi connectivity index (χ0n) is 12.7. The standard InChI is InChI=1S/C17H20N2O3/c1-17-7-3-2-4-12(17)15(17)16(20)19-18-9-11-5-6-13-14(8-11)22-10-21-13/h5-6,8-9,12,15H,2-4,7,10H2,1H3,(H,19,20)/b18-9+. The first kappa shape index (κ1) is 13.6. The summed E-state index contributed by atoms with van der Waals surface area (Å²) in [7, 11) is 0. The molecule has 0 spiro atoms. The maximum Gasteiger partial charge on any atom is 0.244 e. The normalized spacial score (nSPS) is 31.9. The molecule has 0 bridgehead atoms. The van der Waals surface area contributed by atoms with Gasteiger partial charge in [0.25, 0.3) is 0 Å². The lowest BCUT2D eigenvalue weighted by molar-refractivity contribution is -0.123. The van der Waals surface area contributed by atoms with Crippen LogP contribution in [-0.2, 0) is 4.79 Å². The fourth-order valence-electron chi connectivity index (χ4n) is 4.08. The van der Waals surface area contributed by atoms with Crippen LogP contribution in [0.1, 0.15) is 38.2 Å². The van der Waals surface area contributed by atoms with Gasteiger partial charge in [0, 0.05) is 5.92 Å². The summed E-state index contributed by atoms with van der Waals surface area (Å²) in [6.45, 7) is 2.50. The van der Waals surface area contributed by atoms with E-state index < -0.39 is 0 Å². The molecule has 0 saturated heterocycles. The van der Waals surface area contributed by atoms with E-state index in [1.54, 1.807) is 6.21 Å². The van der Waals surface area contributed by atoms with Crippen LogP contribution in [0.25, 0.3) is 0 Å². The molecule has 3 unspecified atom stereocenters. The number of ether oxygens (including phenoxy) is 2. The van der Waals surface area contributed by atoms with Crippen molar-refractivity contribution >= 4 is 12.1 Å². The van der Waals surface area contributed by atoms with Crippen LogP contribution >= 0.6 is 0 Å². The van der Waals surface area contributed by atoms with Crippen LogP contribution < -0.4 is 14.9 Å². The average Bonchev–Trinajstić information content (AvgIpc) is 2.88. The summed E-state index contributed by atoms with van der Waals surface area (Å²) >= 11 is 0. The fraction of sp³-hybridized carbons (Fsp3) is 0.529. The van der Waals surface area contributed by atoms with Crippen LogP contribution in [0, 0.1) is 17.3 Å². The van der Waals surface area contributed by atoms with E-state index in [2.05, 4.69) is 17.5 Å². The largest absolute Gasteiger partial charge is 0.454 e. The van der Waals surface area contributed by atoms with Crippen molar-refractivity contribution in [3.05, 3.63) is 23.8 Å². The number of fused-ring (bicyclic) bond motifs is 2. The summed E-state index contributed by atoms with van der Waals surface area (Å²) in [5.41, 5.74) is 3.80. The zero-order chi connectivity index (χ0) is 15.2. The van der Waals surface area contributed by atoms with Gasteiger partial charge in [-0.25, -0.2) is 5.43 Å². The molecule has 4 rings (SSSR count). The van der Waals surface area contributed by atoms with Gasteiger partial charge in [0.1, 0.15) is 0 Å². The lowest BCUT2D eigenvalue weighted by Crippen LogP contribution is -2.22. The third kappa shape index (κ3) is 2.16. The molecule has 116 valence electrons. The minimum Gasteiger partial charge on any atom is -0.454 e. The van der Waals surface area contributed by atoms with E-state index in [1.807, 2.05) is 18.2 Å². The highest BCUT2D eigenvalue weighted by Crippen LogP contribution is 2.66. The number of hydrazone groups is 1. The van der Waals surface area contributed by atoms with Gasteiger partial charge in [0.05, 0.1) is 6.21 Å². The van der Waals surface area contributed by atoms with E-state index in [0.717, 1.165) is 17.1 Å². The Morgan fingerprint density at radius 1 is 1.36 bits per heavy atom. The Bertz CT molecular complexity index is 643. The molecule has 3 atom stereocenters. The van der Waals surface area contributed by atoms with E-state index in [4.69, 9.17) is 9.47 Å². The summed E-state index contributed by atoms with van der Waals surface area (Å²) in [6, 6.07) is 5.60. The first-order valence-corrected chi connectivity index (χ1v) is 7.91. The molecule has 5 nitrogen and oxygen atoms in total. The summed E-state index contributed by atoms with van der Waals surface area (Å²) in [5, 5.41) is 4.10. The predicted molar refractivity (Wildman–Crippen MR) is 81.9 cm³/mol. The van der Waals surface area contributed by atoms with Gasteiger partial charge in [-0.2, -0.15) is 5.10 Å². The lowest BCUT2D eigenvalue weighted by Gasteiger charge is -2.15. The topological polar surface area (TPSA) is 59.9 Å². The van der Waals surface area contributed by atoms with E-state index in [9.17, 15) is 4.79 Å². The van der Waals surface area contributed by atoms with Crippen molar-refractivity contribution < 1.29 is 14.3 Å². The van der Waals surface area contributed by atoms with Gasteiger partial charge in [-0.05, 0) is 47.9 Å². The SMILES string of the molecule is CC12CCCCC1C2C(=O)N/N=C/c1ccc2c(c1)OCO2. The van der Waals surface area contributed by atoms with Crippen molar-refractivity contribution in [1.29, 1.82) is 0 Å². The predicted octanol–water partition coefficient (Wildman–Crippen LogP) is 2.69. The Labute approximate surface area is 129 Å². The number of carbonyl (C=O) groups excluding carboxylic acids is 1. The zero-order valence-corrected chi connectivity index (χ0v) is 12.7. The molecule has 1 aromatic carbocycles. The van der Waals surface area contributed by atoms with E-state index in [0.29, 0.717) is 5.92 Å². The molecule has 1 amide bonds. The number of rotatable bonds is 3. The van der Waals surface area contributed by atoms with E-state index in [-0.39, 0.29) is 24.0 Å². The highest BCUT2D eigenvalue weighted by atomic mass is 16.7. The van der Waals surface area contributed by atoms with Crippen LogP contribution in [0.4, 0.5) is 0 Å². The first-order chi connectivity index (χ1) is 10.7. The number of nitrogens with one attached hydrogen (secondary N) is 1. The van der Waals surface area contributed by atoms with E-state index >= 15 is 0 Å². The second-order valence-corrected chi connectivity index (χ2v) is 6.68. The van der Waals surface area contributed by atoms with Crippen LogP contribution in [0.3, 0.4) is 0 Å². The molecule has 1 aromatic rings. The van der Waals surface area contributed by atoms with Crippen molar-refractivity contribution in [1.82, 2.24) is 5.43 Å². The first-order valence-electron chi connectivity index (χ1n) is 7.91. The molecule has 1 heterocycles. The highest BCUT2D eigenvalue weighted by Gasteiger charge is 2.64. The van der Waals surface area contributed by atoms with Crippen molar-refractivity contribution in [2.75, 3.05) is 6.79 Å². The molecule has 0 aromatic heterocycles. The Kier molecular flexibility index (Phi) is 3.10. The van der Waals surface area contributed by atoms with Gasteiger partial charge in [0.15, 0.2) is 11.5 Å². The summed E-state index contributed by atoms with van der Waals surface area (Å²) < 4.78 is 10.6. The Morgan fingerprint density at radius 3 is 3.05 bits per heavy atom. The number of benzene rings is 1. The number of carbonyl (C=O) groups is 1. The van der Waals surface area contributed by atoms with Crippen molar-refractivity contribution in [3.63, 3.8) is 0 Å². The maximum absolute atomic E-state index is 12.3. The van der Waals surface area contributed by atoms with Gasteiger partial charge in [-0.15, -0.1) is 0 Å². The second-order valence-electron chi connectivity index (χ2n) is 6.68. The fourth-order valence-corrected chi connectivity index (χ4v) is 4.08. The minimum absolute atomic E-state index is 0.0615. The molecule has 3 aliphatic rings. The van der Waals surface area contributed by atoms with Crippen LogP contribution in [-0.4, -0.2) is 18.9 Å². The van der Waals surface area contributed by atoms with Crippen molar-refractivity contribution in [3.8, 4) is 11.5 Å². The van der Waals surface area contributed by atoms with Gasteiger partial charge in [-0.1, -0.05) is 19.8 Å².